The number of nitrogens with zero attached hydrogens (tertiary/aromatic N) is 1. The predicted octanol–water partition coefficient (Wildman–Crippen LogP) is 3.99. The van der Waals surface area contributed by atoms with Crippen molar-refractivity contribution in [3.63, 3.8) is 0 Å². The third kappa shape index (κ3) is 4.31. The minimum Gasteiger partial charge on any atom is -0.479 e. The van der Waals surface area contributed by atoms with Crippen LogP contribution in [0, 0.1) is 23.2 Å². The Hall–Kier alpha value is -1.95. The van der Waals surface area contributed by atoms with Crippen LogP contribution < -0.4 is 10.1 Å². The maximum Gasteiger partial charge on any atom is 0.174 e. The summed E-state index contributed by atoms with van der Waals surface area (Å²) in [6.45, 7) is 5.62. The lowest BCUT2D eigenvalue weighted by molar-refractivity contribution is 0.368. The van der Waals surface area contributed by atoms with Crippen LogP contribution in [0.15, 0.2) is 35.9 Å². The van der Waals surface area contributed by atoms with E-state index >= 15 is 0 Å². The lowest BCUT2D eigenvalue weighted by Gasteiger charge is -2.26. The van der Waals surface area contributed by atoms with E-state index in [1.165, 1.54) is 18.4 Å². The van der Waals surface area contributed by atoms with Crippen molar-refractivity contribution in [2.45, 2.75) is 26.7 Å². The Morgan fingerprint density at radius 1 is 1.35 bits per heavy atom. The van der Waals surface area contributed by atoms with Gasteiger partial charge in [-0.05, 0) is 55.9 Å². The highest BCUT2D eigenvalue weighted by molar-refractivity contribution is 5.46. The molecule has 0 aromatic heterocycles. The summed E-state index contributed by atoms with van der Waals surface area (Å²) in [6, 6.07) is 9.76. The van der Waals surface area contributed by atoms with E-state index in [0.717, 1.165) is 18.0 Å². The molecule has 0 heterocycles. The van der Waals surface area contributed by atoms with E-state index < -0.39 is 0 Å². The monoisotopic (exact) mass is 270 g/mol. The van der Waals surface area contributed by atoms with Gasteiger partial charge in [-0.15, -0.1) is 0 Å². The van der Waals surface area contributed by atoms with Crippen LogP contribution >= 0.6 is 0 Å². The third-order valence-corrected chi connectivity index (χ3v) is 3.64. The van der Waals surface area contributed by atoms with Gasteiger partial charge in [-0.2, -0.15) is 5.26 Å². The first-order chi connectivity index (χ1) is 9.67. The number of rotatable bonds is 5. The summed E-state index contributed by atoms with van der Waals surface area (Å²) in [5.74, 6) is 2.14. The molecule has 0 radical (unpaired) electrons. The van der Waals surface area contributed by atoms with Gasteiger partial charge in [0.05, 0.1) is 0 Å². The smallest absolute Gasteiger partial charge is 0.174 e. The molecule has 1 aromatic carbocycles. The minimum absolute atomic E-state index is 0.0956. The van der Waals surface area contributed by atoms with E-state index in [1.54, 1.807) is 0 Å². The van der Waals surface area contributed by atoms with Gasteiger partial charge < -0.3 is 10.1 Å². The van der Waals surface area contributed by atoms with Gasteiger partial charge in [-0.1, -0.05) is 18.6 Å². The molecule has 3 heteroatoms. The zero-order valence-electron chi connectivity index (χ0n) is 12.2. The molecule has 2 unspecified atom stereocenters. The standard InChI is InChI=1S/C17H22N2O/c1-13-9-14(2)11-15(10-13)12-19-16-3-5-17(6-4-16)20-8-7-18/h3-6,9,13,15,19H,8,10-12H2,1-2H3. The lowest BCUT2D eigenvalue weighted by atomic mass is 9.84. The van der Waals surface area contributed by atoms with Crippen molar-refractivity contribution in [3.8, 4) is 11.8 Å². The lowest BCUT2D eigenvalue weighted by Crippen LogP contribution is -2.20. The minimum atomic E-state index is 0.0956. The van der Waals surface area contributed by atoms with Crippen LogP contribution in [0.5, 0.6) is 5.75 Å². The number of hydrogen-bond acceptors (Lipinski definition) is 3. The molecule has 0 fully saturated rings. The molecule has 1 aliphatic rings. The van der Waals surface area contributed by atoms with Gasteiger partial charge >= 0.3 is 0 Å². The molecule has 1 aromatic rings. The molecule has 2 rings (SSSR count). The summed E-state index contributed by atoms with van der Waals surface area (Å²) in [5.41, 5.74) is 2.62. The van der Waals surface area contributed by atoms with E-state index in [0.29, 0.717) is 11.8 Å². The molecule has 0 saturated carbocycles. The molecule has 20 heavy (non-hydrogen) atoms. The number of allylic oxidation sites excluding steroid dienone is 2. The van der Waals surface area contributed by atoms with E-state index in [1.807, 2.05) is 30.3 Å². The number of nitriles is 1. The summed E-state index contributed by atoms with van der Waals surface area (Å²) in [7, 11) is 0. The van der Waals surface area contributed by atoms with Crippen LogP contribution in [-0.4, -0.2) is 13.2 Å². The molecule has 2 atom stereocenters. The SMILES string of the molecule is CC1=CC(C)CC(CNc2ccc(OCC#N)cc2)C1. The molecule has 0 bridgehead atoms. The zero-order chi connectivity index (χ0) is 14.4. The van der Waals surface area contributed by atoms with Crippen molar-refractivity contribution in [3.05, 3.63) is 35.9 Å². The Morgan fingerprint density at radius 2 is 2.10 bits per heavy atom. The summed E-state index contributed by atoms with van der Waals surface area (Å²) in [5, 5.41) is 12.0. The molecule has 106 valence electrons. The largest absolute Gasteiger partial charge is 0.479 e. The van der Waals surface area contributed by atoms with E-state index in [2.05, 4.69) is 25.2 Å². The van der Waals surface area contributed by atoms with Crippen molar-refractivity contribution in [2.75, 3.05) is 18.5 Å². The van der Waals surface area contributed by atoms with Gasteiger partial charge in [0, 0.05) is 12.2 Å². The number of anilines is 1. The Morgan fingerprint density at radius 3 is 2.75 bits per heavy atom. The highest BCUT2D eigenvalue weighted by Gasteiger charge is 2.17. The molecule has 3 nitrogen and oxygen atoms in total. The molecule has 0 aliphatic heterocycles. The Labute approximate surface area is 121 Å². The average molecular weight is 270 g/mol. The summed E-state index contributed by atoms with van der Waals surface area (Å²) < 4.78 is 5.24. The quantitative estimate of drug-likeness (QED) is 0.823. The zero-order valence-corrected chi connectivity index (χ0v) is 12.2. The van der Waals surface area contributed by atoms with Crippen LogP contribution in [0.2, 0.25) is 0 Å². The Kier molecular flexibility index (Phi) is 5.06. The van der Waals surface area contributed by atoms with E-state index in [4.69, 9.17) is 10.00 Å². The van der Waals surface area contributed by atoms with E-state index in [9.17, 15) is 0 Å². The van der Waals surface area contributed by atoms with Crippen LogP contribution in [0.3, 0.4) is 0 Å². The Balaban J connectivity index is 1.82. The van der Waals surface area contributed by atoms with Crippen LogP contribution in [0.25, 0.3) is 0 Å². The first-order valence-corrected chi connectivity index (χ1v) is 7.18. The van der Waals surface area contributed by atoms with Crippen molar-refractivity contribution in [1.29, 1.82) is 5.26 Å². The second-order valence-electron chi connectivity index (χ2n) is 5.65. The fourth-order valence-corrected chi connectivity index (χ4v) is 2.89. The summed E-state index contributed by atoms with van der Waals surface area (Å²) in [6.07, 6.45) is 4.84. The number of ether oxygens (including phenoxy) is 1. The Bertz CT molecular complexity index is 499. The van der Waals surface area contributed by atoms with E-state index in [-0.39, 0.29) is 6.61 Å². The van der Waals surface area contributed by atoms with Crippen LogP contribution in [0.1, 0.15) is 26.7 Å². The molecule has 1 N–H and O–H groups in total. The van der Waals surface area contributed by atoms with Crippen molar-refractivity contribution in [1.82, 2.24) is 0 Å². The number of hydrogen-bond donors (Lipinski definition) is 1. The number of nitrogens with one attached hydrogen (secondary N) is 1. The van der Waals surface area contributed by atoms with Crippen LogP contribution in [0.4, 0.5) is 5.69 Å². The summed E-state index contributed by atoms with van der Waals surface area (Å²) in [4.78, 5) is 0. The van der Waals surface area contributed by atoms with Gasteiger partial charge in [-0.3, -0.25) is 0 Å². The highest BCUT2D eigenvalue weighted by atomic mass is 16.5. The van der Waals surface area contributed by atoms with Crippen LogP contribution in [-0.2, 0) is 0 Å². The fourth-order valence-electron chi connectivity index (χ4n) is 2.89. The molecular weight excluding hydrogens is 248 g/mol. The van der Waals surface area contributed by atoms with Crippen molar-refractivity contribution >= 4 is 5.69 Å². The molecule has 0 spiro atoms. The van der Waals surface area contributed by atoms with Crippen molar-refractivity contribution in [2.24, 2.45) is 11.8 Å². The first kappa shape index (κ1) is 14.5. The van der Waals surface area contributed by atoms with Gasteiger partial charge in [0.15, 0.2) is 6.61 Å². The maximum absolute atomic E-state index is 8.46. The normalized spacial score (nSPS) is 21.8. The highest BCUT2D eigenvalue weighted by Crippen LogP contribution is 2.28. The molecule has 1 aliphatic carbocycles. The first-order valence-electron chi connectivity index (χ1n) is 7.18. The predicted molar refractivity (Wildman–Crippen MR) is 81.7 cm³/mol. The van der Waals surface area contributed by atoms with Gasteiger partial charge in [0.2, 0.25) is 0 Å². The topological polar surface area (TPSA) is 45.0 Å². The molecule has 0 amide bonds. The maximum atomic E-state index is 8.46. The molecule has 0 saturated heterocycles. The van der Waals surface area contributed by atoms with Gasteiger partial charge in [0.1, 0.15) is 11.8 Å². The molecular formula is C17H22N2O. The van der Waals surface area contributed by atoms with Gasteiger partial charge in [0.25, 0.3) is 0 Å². The second-order valence-corrected chi connectivity index (χ2v) is 5.65. The third-order valence-electron chi connectivity index (χ3n) is 3.64. The second kappa shape index (κ2) is 7.00. The average Bonchev–Trinajstić information content (AvgIpc) is 2.43. The van der Waals surface area contributed by atoms with Gasteiger partial charge in [-0.25, -0.2) is 0 Å². The summed E-state index contributed by atoms with van der Waals surface area (Å²) >= 11 is 0. The fraction of sp³-hybridized carbons (Fsp3) is 0.471. The van der Waals surface area contributed by atoms with Crippen molar-refractivity contribution < 1.29 is 4.74 Å². The number of benzene rings is 1.